The number of nitrogens with zero attached hydrogens (tertiary/aromatic N) is 2. The van der Waals surface area contributed by atoms with Crippen molar-refractivity contribution in [2.45, 2.75) is 26.7 Å². The Morgan fingerprint density at radius 2 is 1.62 bits per heavy atom. The number of aldehydes is 1. The number of carbonyl (C=O) groups is 3. The van der Waals surface area contributed by atoms with Gasteiger partial charge in [0.2, 0.25) is 0 Å². The van der Waals surface area contributed by atoms with E-state index in [0.29, 0.717) is 33.8 Å². The van der Waals surface area contributed by atoms with Crippen molar-refractivity contribution in [3.8, 4) is 0 Å². The van der Waals surface area contributed by atoms with Gasteiger partial charge in [-0.15, -0.1) is 0 Å². The van der Waals surface area contributed by atoms with Gasteiger partial charge < -0.3 is 19.3 Å². The van der Waals surface area contributed by atoms with Gasteiger partial charge in [0.05, 0.1) is 30.3 Å². The van der Waals surface area contributed by atoms with Crippen LogP contribution in [-0.4, -0.2) is 62.4 Å². The van der Waals surface area contributed by atoms with Gasteiger partial charge in [0.1, 0.15) is 12.1 Å². The maximum Gasteiger partial charge on any atom is 0.338 e. The van der Waals surface area contributed by atoms with Crippen molar-refractivity contribution in [2.75, 3.05) is 34.4 Å². The van der Waals surface area contributed by atoms with Crippen LogP contribution in [0.3, 0.4) is 0 Å². The number of ether oxygens (including phenoxy) is 2. The van der Waals surface area contributed by atoms with E-state index < -0.39 is 17.9 Å². The summed E-state index contributed by atoms with van der Waals surface area (Å²) in [6.45, 7) is 5.63. The number of hydrogen-bond donors (Lipinski definition) is 0. The molecule has 1 aliphatic heterocycles. The summed E-state index contributed by atoms with van der Waals surface area (Å²) in [6.07, 6.45) is 0.726. The molecule has 29 heavy (non-hydrogen) atoms. The molecular formula is C22H28N2O5. The van der Waals surface area contributed by atoms with E-state index in [2.05, 4.69) is 0 Å². The maximum atomic E-state index is 13.1. The monoisotopic (exact) mass is 400 g/mol. The smallest absolute Gasteiger partial charge is 0.338 e. The zero-order valence-electron chi connectivity index (χ0n) is 17.8. The summed E-state index contributed by atoms with van der Waals surface area (Å²) in [7, 11) is 5.41. The minimum Gasteiger partial charge on any atom is -0.463 e. The highest BCUT2D eigenvalue weighted by Crippen LogP contribution is 2.43. The summed E-state index contributed by atoms with van der Waals surface area (Å²) >= 11 is 0. The maximum absolute atomic E-state index is 13.1. The molecule has 1 aromatic carbocycles. The molecular weight excluding hydrogens is 372 g/mol. The third kappa shape index (κ3) is 4.18. The largest absolute Gasteiger partial charge is 0.463 e. The molecule has 2 rings (SSSR count). The van der Waals surface area contributed by atoms with Crippen LogP contribution in [0.15, 0.2) is 46.9 Å². The van der Waals surface area contributed by atoms with Gasteiger partial charge in [0, 0.05) is 32.4 Å². The standard InChI is InChI=1S/C22H28N2O5/c1-7-28-21(26)17-14(3)24(6)20(23(4)5)19(22(27)29-8-2)18(17)16-12-10-9-11-15(16)13-25/h9-13,18H,7-8H2,1-6H3. The Kier molecular flexibility index (Phi) is 7.20. The highest BCUT2D eigenvalue weighted by Gasteiger charge is 2.42. The van der Waals surface area contributed by atoms with Gasteiger partial charge in [-0.05, 0) is 26.3 Å². The van der Waals surface area contributed by atoms with Crippen LogP contribution in [0.5, 0.6) is 0 Å². The molecule has 0 radical (unpaired) electrons. The molecule has 0 fully saturated rings. The molecule has 7 nitrogen and oxygen atoms in total. The van der Waals surface area contributed by atoms with Gasteiger partial charge in [-0.3, -0.25) is 4.79 Å². The zero-order chi connectivity index (χ0) is 21.7. The fourth-order valence-corrected chi connectivity index (χ4v) is 3.63. The minimum absolute atomic E-state index is 0.187. The lowest BCUT2D eigenvalue weighted by molar-refractivity contribution is -0.139. The number of carbonyl (C=O) groups excluding carboxylic acids is 3. The van der Waals surface area contributed by atoms with Crippen LogP contribution in [0, 0.1) is 0 Å². The fourth-order valence-electron chi connectivity index (χ4n) is 3.63. The number of benzene rings is 1. The van der Waals surface area contributed by atoms with Gasteiger partial charge in [-0.1, -0.05) is 24.3 Å². The van der Waals surface area contributed by atoms with Crippen molar-refractivity contribution >= 4 is 18.2 Å². The molecule has 7 heteroatoms. The van der Waals surface area contributed by atoms with Gasteiger partial charge in [-0.2, -0.15) is 0 Å². The van der Waals surface area contributed by atoms with E-state index in [9.17, 15) is 14.4 Å². The summed E-state index contributed by atoms with van der Waals surface area (Å²) in [6, 6.07) is 6.93. The summed E-state index contributed by atoms with van der Waals surface area (Å²) in [5.74, 6) is -1.26. The highest BCUT2D eigenvalue weighted by molar-refractivity contribution is 6.00. The zero-order valence-corrected chi connectivity index (χ0v) is 17.8. The molecule has 1 aromatic rings. The van der Waals surface area contributed by atoms with Crippen LogP contribution >= 0.6 is 0 Å². The minimum atomic E-state index is -0.789. The highest BCUT2D eigenvalue weighted by atomic mass is 16.5. The molecule has 0 bridgehead atoms. The molecule has 1 aliphatic rings. The van der Waals surface area contributed by atoms with Crippen LogP contribution in [-0.2, 0) is 19.1 Å². The second-order valence-corrected chi connectivity index (χ2v) is 6.81. The number of esters is 2. The van der Waals surface area contributed by atoms with Crippen molar-refractivity contribution in [1.29, 1.82) is 0 Å². The lowest BCUT2D eigenvalue weighted by Crippen LogP contribution is -2.39. The van der Waals surface area contributed by atoms with Crippen molar-refractivity contribution < 1.29 is 23.9 Å². The van der Waals surface area contributed by atoms with Gasteiger partial charge in [-0.25, -0.2) is 9.59 Å². The summed E-state index contributed by atoms with van der Waals surface area (Å²) in [4.78, 5) is 41.4. The molecule has 1 unspecified atom stereocenters. The second-order valence-electron chi connectivity index (χ2n) is 6.81. The third-order valence-corrected chi connectivity index (χ3v) is 4.88. The Morgan fingerprint density at radius 3 is 2.14 bits per heavy atom. The molecule has 0 N–H and O–H groups in total. The van der Waals surface area contributed by atoms with E-state index >= 15 is 0 Å². The molecule has 0 saturated carbocycles. The molecule has 0 spiro atoms. The van der Waals surface area contributed by atoms with Crippen molar-refractivity contribution in [3.63, 3.8) is 0 Å². The van der Waals surface area contributed by atoms with Crippen molar-refractivity contribution in [2.24, 2.45) is 0 Å². The Balaban J connectivity index is 2.89. The average Bonchev–Trinajstić information content (AvgIpc) is 2.69. The van der Waals surface area contributed by atoms with Crippen LogP contribution in [0.4, 0.5) is 0 Å². The fraction of sp³-hybridized carbons (Fsp3) is 0.409. The van der Waals surface area contributed by atoms with Gasteiger partial charge >= 0.3 is 11.9 Å². The Morgan fingerprint density at radius 1 is 1.07 bits per heavy atom. The summed E-state index contributed by atoms with van der Waals surface area (Å²) in [5, 5.41) is 0. The molecule has 1 atom stereocenters. The van der Waals surface area contributed by atoms with E-state index in [0.717, 1.165) is 6.29 Å². The third-order valence-electron chi connectivity index (χ3n) is 4.88. The first kappa shape index (κ1) is 22.2. The van der Waals surface area contributed by atoms with Crippen molar-refractivity contribution in [1.82, 2.24) is 9.80 Å². The van der Waals surface area contributed by atoms with E-state index in [1.807, 2.05) is 14.1 Å². The molecule has 1 heterocycles. The second kappa shape index (κ2) is 9.41. The van der Waals surface area contributed by atoms with Crippen LogP contribution < -0.4 is 0 Å². The van der Waals surface area contributed by atoms with Gasteiger partial charge in [0.15, 0.2) is 0 Å². The first-order valence-electron chi connectivity index (χ1n) is 9.54. The Labute approximate surface area is 171 Å². The molecule has 0 aliphatic carbocycles. The lowest BCUT2D eigenvalue weighted by Gasteiger charge is -2.39. The predicted octanol–water partition coefficient (Wildman–Crippen LogP) is 2.70. The molecule has 156 valence electrons. The Bertz CT molecular complexity index is 870. The average molecular weight is 400 g/mol. The van der Waals surface area contributed by atoms with E-state index in [-0.39, 0.29) is 13.2 Å². The van der Waals surface area contributed by atoms with E-state index in [4.69, 9.17) is 9.47 Å². The topological polar surface area (TPSA) is 76.2 Å². The summed E-state index contributed by atoms with van der Waals surface area (Å²) in [5.41, 5.74) is 2.21. The number of rotatable bonds is 7. The van der Waals surface area contributed by atoms with E-state index in [1.54, 1.807) is 61.9 Å². The molecule has 0 amide bonds. The van der Waals surface area contributed by atoms with Crippen molar-refractivity contribution in [3.05, 3.63) is 58.1 Å². The normalized spacial score (nSPS) is 16.6. The molecule has 0 saturated heterocycles. The number of allylic oxidation sites excluding steroid dienone is 1. The predicted molar refractivity (Wildman–Crippen MR) is 109 cm³/mol. The first-order chi connectivity index (χ1) is 13.8. The summed E-state index contributed by atoms with van der Waals surface area (Å²) < 4.78 is 10.7. The quantitative estimate of drug-likeness (QED) is 0.514. The van der Waals surface area contributed by atoms with Crippen LogP contribution in [0.2, 0.25) is 0 Å². The Hall–Kier alpha value is -3.09. The van der Waals surface area contributed by atoms with Crippen LogP contribution in [0.1, 0.15) is 42.6 Å². The van der Waals surface area contributed by atoms with Gasteiger partial charge in [0.25, 0.3) is 0 Å². The number of hydrogen-bond acceptors (Lipinski definition) is 7. The SMILES string of the molecule is CCOC(=O)C1=C(C)N(C)C(N(C)C)=C(C(=O)OCC)C1c1ccccc1C=O. The van der Waals surface area contributed by atoms with E-state index in [1.165, 1.54) is 0 Å². The first-order valence-corrected chi connectivity index (χ1v) is 9.54. The molecule has 0 aromatic heterocycles. The lowest BCUT2D eigenvalue weighted by atomic mass is 9.79. The van der Waals surface area contributed by atoms with Crippen LogP contribution in [0.25, 0.3) is 0 Å².